The van der Waals surface area contributed by atoms with Crippen LogP contribution in [0.5, 0.6) is 0 Å². The summed E-state index contributed by atoms with van der Waals surface area (Å²) >= 11 is 0. The number of unbranched alkanes of at least 4 members (excludes halogenated alkanes) is 3. The zero-order valence-electron chi connectivity index (χ0n) is 18.9. The van der Waals surface area contributed by atoms with E-state index in [-0.39, 0.29) is 6.10 Å². The fourth-order valence-electron chi connectivity index (χ4n) is 3.53. The van der Waals surface area contributed by atoms with Crippen LogP contribution in [0.4, 0.5) is 10.5 Å². The lowest BCUT2D eigenvalue weighted by atomic mass is 10.0. The number of nitrogens with one attached hydrogen (secondary N) is 1. The summed E-state index contributed by atoms with van der Waals surface area (Å²) < 4.78 is 11.0. The van der Waals surface area contributed by atoms with Gasteiger partial charge in [0, 0.05) is 18.8 Å². The van der Waals surface area contributed by atoms with Crippen LogP contribution in [0.3, 0.4) is 0 Å². The Hall–Kier alpha value is -2.53. The number of carbonyl (C=O) groups excluding carboxylic acids is 1. The SMILES string of the molecule is CCCCC(CCc1cccc(NCCCCCOCc2ccccc2)c1)OC(N)=O. The van der Waals surface area contributed by atoms with Crippen molar-refractivity contribution in [2.45, 2.75) is 71.0 Å². The molecule has 3 N–H and O–H groups in total. The van der Waals surface area contributed by atoms with Crippen molar-refractivity contribution in [3.05, 3.63) is 65.7 Å². The number of hydrogen-bond donors (Lipinski definition) is 2. The van der Waals surface area contributed by atoms with Crippen LogP contribution in [-0.2, 0) is 22.5 Å². The van der Waals surface area contributed by atoms with E-state index in [1.807, 2.05) is 18.2 Å². The van der Waals surface area contributed by atoms with Gasteiger partial charge in [-0.3, -0.25) is 0 Å². The van der Waals surface area contributed by atoms with Gasteiger partial charge in [-0.25, -0.2) is 4.79 Å². The second-order valence-electron chi connectivity index (χ2n) is 7.97. The van der Waals surface area contributed by atoms with E-state index < -0.39 is 6.09 Å². The third-order valence-electron chi connectivity index (χ3n) is 5.25. The first-order valence-corrected chi connectivity index (χ1v) is 11.6. The maximum absolute atomic E-state index is 11.1. The topological polar surface area (TPSA) is 73.6 Å². The molecule has 0 aromatic heterocycles. The Morgan fingerprint density at radius 3 is 2.55 bits per heavy atom. The van der Waals surface area contributed by atoms with Crippen molar-refractivity contribution in [2.75, 3.05) is 18.5 Å². The molecule has 0 heterocycles. The summed E-state index contributed by atoms with van der Waals surface area (Å²) in [4.78, 5) is 11.1. The third-order valence-corrected chi connectivity index (χ3v) is 5.25. The van der Waals surface area contributed by atoms with Crippen molar-refractivity contribution in [1.82, 2.24) is 0 Å². The van der Waals surface area contributed by atoms with Crippen LogP contribution in [0.1, 0.15) is 63.0 Å². The minimum atomic E-state index is -0.679. The van der Waals surface area contributed by atoms with Gasteiger partial charge < -0.3 is 20.5 Å². The third kappa shape index (κ3) is 11.4. The second kappa shape index (κ2) is 15.3. The van der Waals surface area contributed by atoms with E-state index >= 15 is 0 Å². The highest BCUT2D eigenvalue weighted by atomic mass is 16.6. The molecule has 2 aromatic rings. The molecule has 0 aliphatic rings. The fraction of sp³-hybridized carbons (Fsp3) is 0.500. The number of ether oxygens (including phenoxy) is 2. The van der Waals surface area contributed by atoms with Gasteiger partial charge in [0.25, 0.3) is 0 Å². The average molecular weight is 427 g/mol. The van der Waals surface area contributed by atoms with Gasteiger partial charge in [0.2, 0.25) is 0 Å². The van der Waals surface area contributed by atoms with Gasteiger partial charge in [-0.15, -0.1) is 0 Å². The number of anilines is 1. The van der Waals surface area contributed by atoms with Gasteiger partial charge in [0.05, 0.1) is 6.61 Å². The van der Waals surface area contributed by atoms with Gasteiger partial charge in [0.15, 0.2) is 0 Å². The Kier molecular flexibility index (Phi) is 12.2. The summed E-state index contributed by atoms with van der Waals surface area (Å²) in [7, 11) is 0. The molecule has 0 saturated carbocycles. The molecule has 1 atom stereocenters. The van der Waals surface area contributed by atoms with Crippen molar-refractivity contribution < 1.29 is 14.3 Å². The molecular formula is C26H38N2O3. The summed E-state index contributed by atoms with van der Waals surface area (Å²) in [6.07, 6.45) is 7.22. The fourth-order valence-corrected chi connectivity index (χ4v) is 3.53. The molecule has 0 aliphatic heterocycles. The molecule has 2 rings (SSSR count). The molecule has 0 spiro atoms. The summed E-state index contributed by atoms with van der Waals surface area (Å²) in [6.45, 7) is 4.58. The van der Waals surface area contributed by atoms with Crippen molar-refractivity contribution in [1.29, 1.82) is 0 Å². The van der Waals surface area contributed by atoms with Gasteiger partial charge in [-0.05, 0) is 61.8 Å². The minimum absolute atomic E-state index is 0.0989. The molecule has 0 saturated heterocycles. The van der Waals surface area contributed by atoms with Gasteiger partial charge in [-0.2, -0.15) is 0 Å². The van der Waals surface area contributed by atoms with E-state index in [4.69, 9.17) is 15.2 Å². The van der Waals surface area contributed by atoms with Crippen molar-refractivity contribution in [3.8, 4) is 0 Å². The minimum Gasteiger partial charge on any atom is -0.446 e. The van der Waals surface area contributed by atoms with Crippen molar-refractivity contribution >= 4 is 11.8 Å². The molecule has 0 bridgehead atoms. The van der Waals surface area contributed by atoms with Crippen LogP contribution in [0.25, 0.3) is 0 Å². The highest BCUT2D eigenvalue weighted by Gasteiger charge is 2.12. The molecule has 31 heavy (non-hydrogen) atoms. The van der Waals surface area contributed by atoms with Crippen LogP contribution in [-0.4, -0.2) is 25.3 Å². The van der Waals surface area contributed by atoms with Gasteiger partial charge in [-0.1, -0.05) is 62.2 Å². The van der Waals surface area contributed by atoms with Crippen LogP contribution in [0, 0.1) is 0 Å². The zero-order chi connectivity index (χ0) is 22.2. The smallest absolute Gasteiger partial charge is 0.404 e. The van der Waals surface area contributed by atoms with E-state index in [0.717, 1.165) is 70.2 Å². The molecule has 2 aromatic carbocycles. The maximum atomic E-state index is 11.1. The first-order valence-electron chi connectivity index (χ1n) is 11.6. The van der Waals surface area contributed by atoms with E-state index in [9.17, 15) is 4.79 Å². The highest BCUT2D eigenvalue weighted by Crippen LogP contribution is 2.17. The Bertz CT molecular complexity index is 736. The average Bonchev–Trinajstić information content (AvgIpc) is 2.78. The molecule has 1 unspecified atom stereocenters. The largest absolute Gasteiger partial charge is 0.446 e. The standard InChI is InChI=1S/C26H38N2O3/c1-2-3-15-25(31-26(27)29)17-16-22-13-10-14-24(20-22)28-18-8-5-9-19-30-21-23-11-6-4-7-12-23/h4,6-7,10-14,20,25,28H,2-3,5,8-9,15-19,21H2,1H3,(H2,27,29). The van der Waals surface area contributed by atoms with Crippen LogP contribution >= 0.6 is 0 Å². The molecule has 5 heteroatoms. The zero-order valence-corrected chi connectivity index (χ0v) is 18.9. The van der Waals surface area contributed by atoms with Gasteiger partial charge in [0.1, 0.15) is 6.10 Å². The number of hydrogen-bond acceptors (Lipinski definition) is 4. The normalized spacial score (nSPS) is 11.8. The molecule has 5 nitrogen and oxygen atoms in total. The number of benzene rings is 2. The monoisotopic (exact) mass is 426 g/mol. The number of aryl methyl sites for hydroxylation is 1. The first-order chi connectivity index (χ1) is 15.2. The van der Waals surface area contributed by atoms with E-state index in [0.29, 0.717) is 6.61 Å². The van der Waals surface area contributed by atoms with E-state index in [1.54, 1.807) is 0 Å². The predicted octanol–water partition coefficient (Wildman–Crippen LogP) is 6.07. The number of rotatable bonds is 16. The van der Waals surface area contributed by atoms with E-state index in [2.05, 4.69) is 48.6 Å². The number of primary amides is 1. The summed E-state index contributed by atoms with van der Waals surface area (Å²) in [5.41, 5.74) is 8.82. The van der Waals surface area contributed by atoms with Gasteiger partial charge >= 0.3 is 6.09 Å². The molecule has 170 valence electrons. The molecule has 0 fully saturated rings. The summed E-state index contributed by atoms with van der Waals surface area (Å²) in [5, 5.41) is 3.51. The lowest BCUT2D eigenvalue weighted by Gasteiger charge is -2.16. The molecule has 1 amide bonds. The number of carbonyl (C=O) groups is 1. The lowest BCUT2D eigenvalue weighted by Crippen LogP contribution is -2.23. The quantitative estimate of drug-likeness (QED) is 0.319. The number of amides is 1. The van der Waals surface area contributed by atoms with E-state index in [1.165, 1.54) is 11.1 Å². The lowest BCUT2D eigenvalue weighted by molar-refractivity contribution is 0.0945. The van der Waals surface area contributed by atoms with Crippen LogP contribution in [0.2, 0.25) is 0 Å². The molecule has 0 aliphatic carbocycles. The Labute approximate surface area is 187 Å². The van der Waals surface area contributed by atoms with Crippen LogP contribution in [0.15, 0.2) is 54.6 Å². The number of nitrogens with two attached hydrogens (primary N) is 1. The Morgan fingerprint density at radius 1 is 0.968 bits per heavy atom. The molecular weight excluding hydrogens is 388 g/mol. The summed E-state index contributed by atoms with van der Waals surface area (Å²) in [6, 6.07) is 18.8. The summed E-state index contributed by atoms with van der Waals surface area (Å²) in [5.74, 6) is 0. The first kappa shape index (κ1) is 24.7. The Morgan fingerprint density at radius 2 is 1.77 bits per heavy atom. The second-order valence-corrected chi connectivity index (χ2v) is 7.97. The predicted molar refractivity (Wildman–Crippen MR) is 127 cm³/mol. The van der Waals surface area contributed by atoms with Crippen molar-refractivity contribution in [3.63, 3.8) is 0 Å². The van der Waals surface area contributed by atoms with Crippen LogP contribution < -0.4 is 11.1 Å². The maximum Gasteiger partial charge on any atom is 0.404 e. The highest BCUT2D eigenvalue weighted by molar-refractivity contribution is 5.64. The Balaban J connectivity index is 1.60. The van der Waals surface area contributed by atoms with Crippen molar-refractivity contribution in [2.24, 2.45) is 5.73 Å². The molecule has 0 radical (unpaired) electrons.